The Balaban J connectivity index is 2.70. The molecule has 0 saturated carbocycles. The van der Waals surface area contributed by atoms with E-state index in [1.807, 2.05) is 0 Å². The molecule has 3 heteroatoms. The van der Waals surface area contributed by atoms with Gasteiger partial charge in [0.1, 0.15) is 13.8 Å². The number of aliphatic hydroxyl groups excluding tert-OH is 1. The number of aliphatic hydroxyl groups is 1. The fourth-order valence-corrected chi connectivity index (χ4v) is 3.81. The fourth-order valence-electron chi connectivity index (χ4n) is 1.58. The van der Waals surface area contributed by atoms with Crippen LogP contribution in [-0.2, 0) is 6.42 Å². The van der Waals surface area contributed by atoms with E-state index in [2.05, 4.69) is 32.2 Å². The third-order valence-corrected chi connectivity index (χ3v) is 5.84. The van der Waals surface area contributed by atoms with Gasteiger partial charge >= 0.3 is 0 Å². The molecule has 0 radical (unpaired) electrons. The third kappa shape index (κ3) is 2.72. The molecule has 0 aliphatic rings. The Morgan fingerprint density at radius 1 is 1.36 bits per heavy atom. The Morgan fingerprint density at radius 3 is 2.57 bits per heavy atom. The summed E-state index contributed by atoms with van der Waals surface area (Å²) in [7, 11) is -1.42. The van der Waals surface area contributed by atoms with Crippen LogP contribution in [0.3, 0.4) is 0 Å². The van der Waals surface area contributed by atoms with Crippen molar-refractivity contribution >= 4 is 13.5 Å². The van der Waals surface area contributed by atoms with Crippen molar-refractivity contribution < 1.29 is 9.52 Å². The zero-order chi connectivity index (χ0) is 10.6. The van der Waals surface area contributed by atoms with Gasteiger partial charge in [0.2, 0.25) is 0 Å². The first-order chi connectivity index (χ1) is 6.60. The fraction of sp³-hybridized carbons (Fsp3) is 0.636. The van der Waals surface area contributed by atoms with E-state index in [1.54, 1.807) is 0 Å². The van der Waals surface area contributed by atoms with Crippen molar-refractivity contribution in [2.45, 2.75) is 38.9 Å². The lowest BCUT2D eigenvalue weighted by Gasteiger charge is -2.18. The van der Waals surface area contributed by atoms with Crippen LogP contribution < -0.4 is 5.38 Å². The van der Waals surface area contributed by atoms with Gasteiger partial charge in [-0.05, 0) is 24.6 Å². The lowest BCUT2D eigenvalue weighted by Crippen LogP contribution is -2.40. The molecule has 2 nitrogen and oxygen atoms in total. The number of hydrogen-bond donors (Lipinski definition) is 1. The topological polar surface area (TPSA) is 33.4 Å². The molecule has 1 aromatic rings. The first-order valence-electron chi connectivity index (χ1n) is 5.30. The Morgan fingerprint density at radius 2 is 2.07 bits per heavy atom. The van der Waals surface area contributed by atoms with Crippen LogP contribution in [-0.4, -0.2) is 19.8 Å². The Hall–Kier alpha value is -0.543. The Labute approximate surface area is 87.0 Å². The number of rotatable bonds is 5. The van der Waals surface area contributed by atoms with Crippen molar-refractivity contribution in [1.29, 1.82) is 0 Å². The molecule has 14 heavy (non-hydrogen) atoms. The van der Waals surface area contributed by atoms with Crippen LogP contribution in [0.5, 0.6) is 0 Å². The molecule has 0 aliphatic heterocycles. The van der Waals surface area contributed by atoms with Gasteiger partial charge in [0.05, 0.1) is 5.38 Å². The second-order valence-electron chi connectivity index (χ2n) is 4.33. The summed E-state index contributed by atoms with van der Waals surface area (Å²) in [6.45, 7) is 6.98. The molecule has 1 heterocycles. The van der Waals surface area contributed by atoms with E-state index in [0.717, 1.165) is 24.6 Å². The van der Waals surface area contributed by atoms with E-state index in [4.69, 9.17) is 9.52 Å². The highest BCUT2D eigenvalue weighted by molar-refractivity contribution is 6.88. The SMILES string of the molecule is CCc1ccc([Si](C)(C)CCCO)o1. The van der Waals surface area contributed by atoms with Crippen molar-refractivity contribution in [2.24, 2.45) is 0 Å². The molecular weight excluding hydrogens is 192 g/mol. The molecule has 0 fully saturated rings. The van der Waals surface area contributed by atoms with E-state index in [-0.39, 0.29) is 6.61 Å². The van der Waals surface area contributed by atoms with Crippen LogP contribution in [0.2, 0.25) is 19.1 Å². The maximum atomic E-state index is 8.82. The zero-order valence-electron chi connectivity index (χ0n) is 9.34. The summed E-state index contributed by atoms with van der Waals surface area (Å²) in [5.41, 5.74) is 0. The van der Waals surface area contributed by atoms with Gasteiger partial charge in [-0.1, -0.05) is 20.0 Å². The van der Waals surface area contributed by atoms with Crippen LogP contribution in [0.1, 0.15) is 19.1 Å². The van der Waals surface area contributed by atoms with Gasteiger partial charge in [-0.3, -0.25) is 0 Å². The Bertz CT molecular complexity index is 279. The van der Waals surface area contributed by atoms with Gasteiger partial charge in [-0.2, -0.15) is 0 Å². The Kier molecular flexibility index (Phi) is 3.95. The number of hydrogen-bond acceptors (Lipinski definition) is 2. The molecule has 1 aromatic heterocycles. The molecule has 0 unspecified atom stereocenters. The standard InChI is InChI=1S/C11H20O2Si/c1-4-10-6-7-11(13-10)14(2,3)9-5-8-12/h6-7,12H,4-5,8-9H2,1-3H3. The predicted octanol–water partition coefficient (Wildman–Crippen LogP) is 2.14. The normalized spacial score (nSPS) is 12.0. The molecule has 1 rings (SSSR count). The maximum absolute atomic E-state index is 8.82. The van der Waals surface area contributed by atoms with Gasteiger partial charge in [0.25, 0.3) is 0 Å². The second kappa shape index (κ2) is 4.80. The molecule has 80 valence electrons. The molecule has 0 spiro atoms. The quantitative estimate of drug-likeness (QED) is 0.759. The minimum atomic E-state index is -1.42. The average molecular weight is 212 g/mol. The van der Waals surface area contributed by atoms with Crippen molar-refractivity contribution in [3.05, 3.63) is 17.9 Å². The summed E-state index contributed by atoms with van der Waals surface area (Å²) in [4.78, 5) is 0. The lowest BCUT2D eigenvalue weighted by atomic mass is 10.4. The highest BCUT2D eigenvalue weighted by Gasteiger charge is 2.26. The first kappa shape index (κ1) is 11.5. The maximum Gasteiger partial charge on any atom is 0.126 e. The minimum absolute atomic E-state index is 0.289. The summed E-state index contributed by atoms with van der Waals surface area (Å²) in [6.07, 6.45) is 1.85. The van der Waals surface area contributed by atoms with Gasteiger partial charge < -0.3 is 9.52 Å². The molecule has 0 aromatic carbocycles. The van der Waals surface area contributed by atoms with Crippen LogP contribution in [0, 0.1) is 0 Å². The molecule has 0 amide bonds. The molecule has 0 aliphatic carbocycles. The summed E-state index contributed by atoms with van der Waals surface area (Å²) in [5, 5.41) is 9.99. The zero-order valence-corrected chi connectivity index (χ0v) is 10.3. The second-order valence-corrected chi connectivity index (χ2v) is 9.09. The van der Waals surface area contributed by atoms with Gasteiger partial charge in [0, 0.05) is 13.0 Å². The molecule has 0 bridgehead atoms. The molecule has 0 saturated heterocycles. The number of aryl methyl sites for hydroxylation is 1. The van der Waals surface area contributed by atoms with Crippen molar-refractivity contribution in [3.8, 4) is 0 Å². The highest BCUT2D eigenvalue weighted by Crippen LogP contribution is 2.14. The van der Waals surface area contributed by atoms with Gasteiger partial charge in [-0.25, -0.2) is 0 Å². The van der Waals surface area contributed by atoms with Crippen molar-refractivity contribution in [2.75, 3.05) is 6.61 Å². The van der Waals surface area contributed by atoms with E-state index in [0.29, 0.717) is 0 Å². The highest BCUT2D eigenvalue weighted by atomic mass is 28.3. The third-order valence-electron chi connectivity index (χ3n) is 2.64. The average Bonchev–Trinajstić information content (AvgIpc) is 2.63. The molecule has 0 atom stereocenters. The van der Waals surface area contributed by atoms with E-state index in [1.165, 1.54) is 5.38 Å². The van der Waals surface area contributed by atoms with E-state index < -0.39 is 8.07 Å². The first-order valence-corrected chi connectivity index (χ1v) is 8.51. The van der Waals surface area contributed by atoms with Gasteiger partial charge in [0.15, 0.2) is 0 Å². The smallest absolute Gasteiger partial charge is 0.126 e. The summed E-state index contributed by atoms with van der Waals surface area (Å²) in [6, 6.07) is 5.28. The van der Waals surface area contributed by atoms with Crippen LogP contribution in [0.25, 0.3) is 0 Å². The largest absolute Gasteiger partial charge is 0.471 e. The van der Waals surface area contributed by atoms with Crippen molar-refractivity contribution in [1.82, 2.24) is 0 Å². The van der Waals surface area contributed by atoms with Crippen LogP contribution in [0.15, 0.2) is 16.5 Å². The molecule has 1 N–H and O–H groups in total. The van der Waals surface area contributed by atoms with E-state index >= 15 is 0 Å². The van der Waals surface area contributed by atoms with Crippen LogP contribution in [0.4, 0.5) is 0 Å². The van der Waals surface area contributed by atoms with Crippen molar-refractivity contribution in [3.63, 3.8) is 0 Å². The molecular formula is C11H20O2Si. The van der Waals surface area contributed by atoms with Crippen LogP contribution >= 0.6 is 0 Å². The number of furan rings is 1. The summed E-state index contributed by atoms with van der Waals surface area (Å²) in [5.74, 6) is 1.07. The summed E-state index contributed by atoms with van der Waals surface area (Å²) >= 11 is 0. The summed E-state index contributed by atoms with van der Waals surface area (Å²) < 4.78 is 5.77. The van der Waals surface area contributed by atoms with Gasteiger partial charge in [-0.15, -0.1) is 0 Å². The van der Waals surface area contributed by atoms with E-state index in [9.17, 15) is 0 Å². The predicted molar refractivity (Wildman–Crippen MR) is 61.7 cm³/mol. The monoisotopic (exact) mass is 212 g/mol. The minimum Gasteiger partial charge on any atom is -0.471 e. The lowest BCUT2D eigenvalue weighted by molar-refractivity contribution is 0.294.